The normalized spacial score (nSPS) is 10.3. The molecule has 0 spiro atoms. The summed E-state index contributed by atoms with van der Waals surface area (Å²) in [5.74, 6) is -0.204. The summed E-state index contributed by atoms with van der Waals surface area (Å²) in [6.07, 6.45) is 20.1. The third-order valence-electron chi connectivity index (χ3n) is 4.52. The van der Waals surface area contributed by atoms with Crippen LogP contribution in [0.15, 0.2) is 5.28 Å². The van der Waals surface area contributed by atoms with Crippen LogP contribution in [0.1, 0.15) is 110 Å². The van der Waals surface area contributed by atoms with Crippen LogP contribution >= 0.6 is 0 Å². The van der Waals surface area contributed by atoms with Crippen molar-refractivity contribution in [3.63, 3.8) is 0 Å². The number of hydrogen-bond acceptors (Lipinski definition) is 4. The Hall–Kier alpha value is -1.42. The van der Waals surface area contributed by atoms with Gasteiger partial charge in [0.2, 0.25) is 0 Å². The van der Waals surface area contributed by atoms with Crippen LogP contribution in [0.4, 0.5) is 0 Å². The van der Waals surface area contributed by atoms with Crippen LogP contribution in [0.5, 0.6) is 0 Å². The Morgan fingerprint density at radius 1 is 0.769 bits per heavy atom. The van der Waals surface area contributed by atoms with Crippen LogP contribution in [0.3, 0.4) is 0 Å². The third-order valence-corrected chi connectivity index (χ3v) is 4.52. The van der Waals surface area contributed by atoms with Crippen molar-refractivity contribution in [1.29, 1.82) is 0 Å². The summed E-state index contributed by atoms with van der Waals surface area (Å²) >= 11 is 0. The molecule has 0 N–H and O–H groups in total. The highest BCUT2D eigenvalue weighted by Crippen LogP contribution is 2.13. The first-order valence-electron chi connectivity index (χ1n) is 10.6. The van der Waals surface area contributed by atoms with Crippen LogP contribution < -0.4 is 0 Å². The van der Waals surface area contributed by atoms with Crippen molar-refractivity contribution in [3.8, 4) is 0 Å². The molecule has 0 atom stereocenters. The summed E-state index contributed by atoms with van der Waals surface area (Å²) in [4.78, 5) is 18.4. The number of rotatable bonds is 20. The zero-order valence-corrected chi connectivity index (χ0v) is 16.8. The summed E-state index contributed by atoms with van der Waals surface area (Å²) < 4.78 is 4.96. The molecule has 0 radical (unpaired) electrons. The zero-order valence-electron chi connectivity index (χ0n) is 16.8. The first kappa shape index (κ1) is 24.6. The largest absolute Gasteiger partial charge is 0.462 e. The maximum atomic E-state index is 11.4. The molecular formula is C20H39N3O3. The fourth-order valence-electron chi connectivity index (χ4n) is 2.97. The number of unbranched alkanes of at least 4 members (excludes halogenated alkanes) is 14. The van der Waals surface area contributed by atoms with E-state index in [1.807, 2.05) is 0 Å². The lowest BCUT2D eigenvalue weighted by atomic mass is 10.0. The second-order valence-corrected chi connectivity index (χ2v) is 6.92. The third kappa shape index (κ3) is 20.6. The summed E-state index contributed by atoms with van der Waals surface area (Å²) in [7, 11) is 0. The number of carbonyl (C=O) groups is 1. The molecule has 0 rings (SSSR count). The van der Waals surface area contributed by atoms with Gasteiger partial charge in [0.15, 0.2) is 0 Å². The molecule has 0 saturated heterocycles. The van der Waals surface area contributed by atoms with E-state index in [0.29, 0.717) is 6.42 Å². The topological polar surface area (TPSA) is 84.3 Å². The minimum Gasteiger partial charge on any atom is -0.462 e. The van der Waals surface area contributed by atoms with Gasteiger partial charge < -0.3 is 9.57 Å². The molecule has 0 amide bonds. The Kier molecular flexibility index (Phi) is 20.4. The standard InChI is InChI=1S/C20H39N3O3/c1-2-3-4-5-6-7-8-9-10-11-12-13-14-15-16-17-20(24)25-18-19-26-23-22-21/h2-19H2,1H3. The highest BCUT2D eigenvalue weighted by atomic mass is 16.7. The van der Waals surface area contributed by atoms with Gasteiger partial charge in [0.05, 0.1) is 0 Å². The molecule has 0 aliphatic carbocycles. The number of carbonyl (C=O) groups excluding carboxylic acids is 1. The SMILES string of the molecule is CCCCCCCCCCCCCCCCCC(=O)OCCON=[N+]=[N-]. The Bertz CT molecular complexity index is 358. The molecule has 6 heteroatoms. The summed E-state index contributed by atoms with van der Waals surface area (Å²) in [5, 5.41) is 2.90. The lowest BCUT2D eigenvalue weighted by Crippen LogP contribution is -2.08. The maximum Gasteiger partial charge on any atom is 0.305 e. The molecular weight excluding hydrogens is 330 g/mol. The second kappa shape index (κ2) is 21.6. The molecule has 0 fully saturated rings. The van der Waals surface area contributed by atoms with E-state index in [-0.39, 0.29) is 19.2 Å². The smallest absolute Gasteiger partial charge is 0.305 e. The van der Waals surface area contributed by atoms with Crippen molar-refractivity contribution < 1.29 is 14.4 Å². The average molecular weight is 370 g/mol. The van der Waals surface area contributed by atoms with Crippen molar-refractivity contribution in [2.75, 3.05) is 13.2 Å². The van der Waals surface area contributed by atoms with Gasteiger partial charge in [-0.3, -0.25) is 4.79 Å². The molecule has 0 saturated carbocycles. The van der Waals surface area contributed by atoms with Crippen molar-refractivity contribution in [3.05, 3.63) is 10.4 Å². The van der Waals surface area contributed by atoms with Crippen LogP contribution in [0.2, 0.25) is 0 Å². The lowest BCUT2D eigenvalue weighted by Gasteiger charge is -2.04. The monoisotopic (exact) mass is 369 g/mol. The predicted molar refractivity (Wildman–Crippen MR) is 106 cm³/mol. The van der Waals surface area contributed by atoms with Crippen LogP contribution in [-0.4, -0.2) is 19.2 Å². The van der Waals surface area contributed by atoms with E-state index in [0.717, 1.165) is 12.8 Å². The van der Waals surface area contributed by atoms with Crippen LogP contribution in [-0.2, 0) is 14.4 Å². The number of nitrogens with zero attached hydrogens (tertiary/aromatic N) is 3. The molecule has 0 heterocycles. The van der Waals surface area contributed by atoms with E-state index in [1.165, 1.54) is 83.5 Å². The fraction of sp³-hybridized carbons (Fsp3) is 0.950. The molecule has 0 bridgehead atoms. The minimum atomic E-state index is -0.204. The molecule has 0 aromatic heterocycles. The van der Waals surface area contributed by atoms with Gasteiger partial charge in [-0.05, 0) is 12.0 Å². The molecule has 0 aromatic carbocycles. The van der Waals surface area contributed by atoms with Gasteiger partial charge in [-0.15, -0.1) is 0 Å². The molecule has 152 valence electrons. The highest BCUT2D eigenvalue weighted by molar-refractivity contribution is 5.69. The van der Waals surface area contributed by atoms with Gasteiger partial charge >= 0.3 is 5.97 Å². The molecule has 0 aliphatic rings. The summed E-state index contributed by atoms with van der Waals surface area (Å²) in [5.41, 5.74) is 8.00. The quantitative estimate of drug-likeness (QED) is 0.0576. The Morgan fingerprint density at radius 3 is 1.69 bits per heavy atom. The van der Waals surface area contributed by atoms with E-state index in [2.05, 4.69) is 22.0 Å². The Labute approximate surface area is 159 Å². The van der Waals surface area contributed by atoms with Crippen molar-refractivity contribution in [2.24, 2.45) is 5.28 Å². The number of esters is 1. The zero-order chi connectivity index (χ0) is 19.1. The second-order valence-electron chi connectivity index (χ2n) is 6.92. The predicted octanol–water partition coefficient (Wildman–Crippen LogP) is 7.03. The fourth-order valence-corrected chi connectivity index (χ4v) is 2.97. The van der Waals surface area contributed by atoms with Gasteiger partial charge in [-0.1, -0.05) is 96.8 Å². The number of ether oxygens (including phenoxy) is 1. The van der Waals surface area contributed by atoms with Gasteiger partial charge in [0, 0.05) is 11.3 Å². The Morgan fingerprint density at radius 2 is 1.23 bits per heavy atom. The van der Waals surface area contributed by atoms with Crippen molar-refractivity contribution in [1.82, 2.24) is 0 Å². The molecule has 0 unspecified atom stereocenters. The average Bonchev–Trinajstić information content (AvgIpc) is 2.64. The van der Waals surface area contributed by atoms with Crippen LogP contribution in [0, 0.1) is 0 Å². The van der Waals surface area contributed by atoms with Crippen molar-refractivity contribution >= 4 is 5.97 Å². The summed E-state index contributed by atoms with van der Waals surface area (Å²) in [6.45, 7) is 2.51. The van der Waals surface area contributed by atoms with Gasteiger partial charge in [0.1, 0.15) is 18.5 Å². The first-order valence-corrected chi connectivity index (χ1v) is 10.6. The highest BCUT2D eigenvalue weighted by Gasteiger charge is 2.02. The van der Waals surface area contributed by atoms with Gasteiger partial charge in [0.25, 0.3) is 0 Å². The van der Waals surface area contributed by atoms with E-state index >= 15 is 0 Å². The van der Waals surface area contributed by atoms with Gasteiger partial charge in [-0.25, -0.2) is 0 Å². The molecule has 26 heavy (non-hydrogen) atoms. The van der Waals surface area contributed by atoms with E-state index in [1.54, 1.807) is 0 Å². The van der Waals surface area contributed by atoms with E-state index < -0.39 is 0 Å². The Balaban J connectivity index is 3.12. The molecule has 0 aromatic rings. The van der Waals surface area contributed by atoms with Crippen molar-refractivity contribution in [2.45, 2.75) is 110 Å². The molecule has 0 aliphatic heterocycles. The molecule has 6 nitrogen and oxygen atoms in total. The van der Waals surface area contributed by atoms with E-state index in [4.69, 9.17) is 10.3 Å². The lowest BCUT2D eigenvalue weighted by molar-refractivity contribution is -0.145. The number of azide groups is 1. The van der Waals surface area contributed by atoms with Crippen LogP contribution in [0.25, 0.3) is 10.4 Å². The van der Waals surface area contributed by atoms with E-state index in [9.17, 15) is 4.79 Å². The summed E-state index contributed by atoms with van der Waals surface area (Å²) in [6, 6.07) is 0. The maximum absolute atomic E-state index is 11.4. The number of hydrogen-bond donors (Lipinski definition) is 0. The first-order chi connectivity index (χ1) is 12.8. The minimum absolute atomic E-state index is 0.106. The van der Waals surface area contributed by atoms with Gasteiger partial charge in [-0.2, -0.15) is 0 Å².